The van der Waals surface area contributed by atoms with Crippen molar-refractivity contribution in [1.29, 1.82) is 0 Å². The van der Waals surface area contributed by atoms with Gasteiger partial charge >= 0.3 is 0 Å². The van der Waals surface area contributed by atoms with Crippen LogP contribution in [0.25, 0.3) is 0 Å². The first-order valence-corrected chi connectivity index (χ1v) is 9.30. The highest BCUT2D eigenvalue weighted by Crippen LogP contribution is 2.22. The van der Waals surface area contributed by atoms with Gasteiger partial charge in [-0.1, -0.05) is 24.9 Å². The number of carbonyl (C=O) groups is 1. The Hall–Kier alpha value is -1.33. The van der Waals surface area contributed by atoms with Gasteiger partial charge in [-0.15, -0.1) is 0 Å². The number of halogens is 1. The fourth-order valence-electron chi connectivity index (χ4n) is 2.80. The van der Waals surface area contributed by atoms with Crippen LogP contribution in [0.4, 0.5) is 5.82 Å². The summed E-state index contributed by atoms with van der Waals surface area (Å²) in [4.78, 5) is 18.8. The zero-order valence-electron chi connectivity index (χ0n) is 14.5. The van der Waals surface area contributed by atoms with E-state index < -0.39 is 0 Å². The molecule has 0 bridgehead atoms. The van der Waals surface area contributed by atoms with Crippen molar-refractivity contribution in [3.63, 3.8) is 0 Å². The molecule has 0 spiro atoms. The Morgan fingerprint density at radius 1 is 1.33 bits per heavy atom. The van der Waals surface area contributed by atoms with Gasteiger partial charge in [-0.25, -0.2) is 4.98 Å². The van der Waals surface area contributed by atoms with Crippen LogP contribution in [0.1, 0.15) is 39.0 Å². The van der Waals surface area contributed by atoms with E-state index in [-0.39, 0.29) is 11.8 Å². The number of amides is 1. The number of unbranched alkanes of at least 4 members (excludes halogenated alkanes) is 1. The third-order valence-corrected chi connectivity index (χ3v) is 4.53. The van der Waals surface area contributed by atoms with Crippen molar-refractivity contribution in [2.45, 2.75) is 39.0 Å². The van der Waals surface area contributed by atoms with Crippen molar-refractivity contribution in [3.05, 3.63) is 23.4 Å². The van der Waals surface area contributed by atoms with E-state index in [1.165, 1.54) is 0 Å². The largest absolute Gasteiger partial charge is 0.381 e. The van der Waals surface area contributed by atoms with Crippen LogP contribution in [-0.4, -0.2) is 43.7 Å². The third kappa shape index (κ3) is 6.29. The second-order valence-corrected chi connectivity index (χ2v) is 6.64. The van der Waals surface area contributed by atoms with Gasteiger partial charge in [0.25, 0.3) is 0 Å². The molecule has 1 fully saturated rings. The van der Waals surface area contributed by atoms with E-state index in [2.05, 4.69) is 22.1 Å². The van der Waals surface area contributed by atoms with Gasteiger partial charge in [-0.05, 0) is 37.8 Å². The van der Waals surface area contributed by atoms with Crippen LogP contribution in [-0.2, 0) is 9.53 Å². The molecular weight excluding hydrogens is 326 g/mol. The van der Waals surface area contributed by atoms with E-state index in [0.29, 0.717) is 11.6 Å². The summed E-state index contributed by atoms with van der Waals surface area (Å²) >= 11 is 5.87. The number of ether oxygens (including phenoxy) is 1. The van der Waals surface area contributed by atoms with E-state index in [1.54, 1.807) is 6.20 Å². The molecule has 1 aliphatic rings. The van der Waals surface area contributed by atoms with Crippen molar-refractivity contribution in [2.75, 3.05) is 37.7 Å². The summed E-state index contributed by atoms with van der Waals surface area (Å²) in [6.45, 7) is 6.10. The van der Waals surface area contributed by atoms with E-state index in [4.69, 9.17) is 16.3 Å². The first-order valence-electron chi connectivity index (χ1n) is 8.92. The molecule has 134 valence electrons. The number of piperidine rings is 1. The Labute approximate surface area is 149 Å². The second kappa shape index (κ2) is 10.5. The Morgan fingerprint density at radius 3 is 2.75 bits per heavy atom. The predicted molar refractivity (Wildman–Crippen MR) is 97.5 cm³/mol. The quantitative estimate of drug-likeness (QED) is 0.692. The summed E-state index contributed by atoms with van der Waals surface area (Å²) in [6.07, 6.45) is 6.53. The van der Waals surface area contributed by atoms with Gasteiger partial charge in [-0.2, -0.15) is 0 Å². The fourth-order valence-corrected chi connectivity index (χ4v) is 2.92. The van der Waals surface area contributed by atoms with Crippen LogP contribution in [0.2, 0.25) is 5.02 Å². The summed E-state index contributed by atoms with van der Waals surface area (Å²) in [6, 6.07) is 3.78. The van der Waals surface area contributed by atoms with E-state index in [9.17, 15) is 4.79 Å². The van der Waals surface area contributed by atoms with Gasteiger partial charge in [0.1, 0.15) is 5.82 Å². The smallest absolute Gasteiger partial charge is 0.223 e. The lowest BCUT2D eigenvalue weighted by molar-refractivity contribution is -0.125. The first kappa shape index (κ1) is 19.0. The van der Waals surface area contributed by atoms with E-state index >= 15 is 0 Å². The maximum Gasteiger partial charge on any atom is 0.223 e. The Kier molecular flexibility index (Phi) is 8.33. The lowest BCUT2D eigenvalue weighted by Crippen LogP contribution is -2.41. The van der Waals surface area contributed by atoms with Gasteiger partial charge in [-0.3, -0.25) is 4.79 Å². The van der Waals surface area contributed by atoms with Gasteiger partial charge in [0.15, 0.2) is 0 Å². The van der Waals surface area contributed by atoms with Gasteiger partial charge in [0.05, 0.1) is 5.02 Å². The number of aromatic nitrogens is 1. The Bertz CT molecular complexity index is 488. The van der Waals surface area contributed by atoms with Crippen LogP contribution in [0, 0.1) is 5.92 Å². The minimum Gasteiger partial charge on any atom is -0.381 e. The van der Waals surface area contributed by atoms with Crippen molar-refractivity contribution in [1.82, 2.24) is 10.3 Å². The zero-order chi connectivity index (χ0) is 17.2. The highest BCUT2D eigenvalue weighted by molar-refractivity contribution is 6.30. The molecule has 6 heteroatoms. The number of nitrogens with one attached hydrogen (secondary N) is 1. The SMILES string of the molecule is CCCCOCCCNC(=O)C1CCN(c2ccc(Cl)cn2)CC1. The molecule has 1 aromatic heterocycles. The van der Waals surface area contributed by atoms with Crippen LogP contribution < -0.4 is 10.2 Å². The van der Waals surface area contributed by atoms with Crippen LogP contribution in [0.5, 0.6) is 0 Å². The molecule has 5 nitrogen and oxygen atoms in total. The summed E-state index contributed by atoms with van der Waals surface area (Å²) in [5.74, 6) is 1.21. The zero-order valence-corrected chi connectivity index (χ0v) is 15.2. The molecule has 0 aromatic carbocycles. The highest BCUT2D eigenvalue weighted by Gasteiger charge is 2.25. The van der Waals surface area contributed by atoms with Crippen molar-refractivity contribution in [3.8, 4) is 0 Å². The summed E-state index contributed by atoms with van der Waals surface area (Å²) in [5.41, 5.74) is 0. The molecule has 0 aliphatic carbocycles. The molecule has 0 unspecified atom stereocenters. The van der Waals surface area contributed by atoms with Crippen molar-refractivity contribution in [2.24, 2.45) is 5.92 Å². The summed E-state index contributed by atoms with van der Waals surface area (Å²) in [7, 11) is 0. The molecule has 0 saturated carbocycles. The molecule has 1 aromatic rings. The van der Waals surface area contributed by atoms with Gasteiger partial charge in [0.2, 0.25) is 5.91 Å². The monoisotopic (exact) mass is 353 g/mol. The number of nitrogens with zero attached hydrogens (tertiary/aromatic N) is 2. The molecule has 1 saturated heterocycles. The fraction of sp³-hybridized carbons (Fsp3) is 0.667. The van der Waals surface area contributed by atoms with Gasteiger partial charge < -0.3 is 15.0 Å². The third-order valence-electron chi connectivity index (χ3n) is 4.31. The summed E-state index contributed by atoms with van der Waals surface area (Å²) < 4.78 is 5.50. The molecule has 0 radical (unpaired) electrons. The lowest BCUT2D eigenvalue weighted by Gasteiger charge is -2.32. The molecule has 1 amide bonds. The number of hydrogen-bond acceptors (Lipinski definition) is 4. The minimum absolute atomic E-state index is 0.106. The molecular formula is C18H28ClN3O2. The molecule has 1 aliphatic heterocycles. The van der Waals surface area contributed by atoms with Crippen LogP contribution in [0.3, 0.4) is 0 Å². The average Bonchev–Trinajstić information content (AvgIpc) is 2.61. The van der Waals surface area contributed by atoms with Crippen molar-refractivity contribution >= 4 is 23.3 Å². The number of hydrogen-bond donors (Lipinski definition) is 1. The summed E-state index contributed by atoms with van der Waals surface area (Å²) in [5, 5.41) is 3.68. The maximum atomic E-state index is 12.2. The minimum atomic E-state index is 0.106. The Balaban J connectivity index is 1.61. The number of carbonyl (C=O) groups excluding carboxylic acids is 1. The Morgan fingerprint density at radius 2 is 2.08 bits per heavy atom. The van der Waals surface area contributed by atoms with Crippen molar-refractivity contribution < 1.29 is 9.53 Å². The van der Waals surface area contributed by atoms with Gasteiger partial charge in [0, 0.05) is 45.0 Å². The normalized spacial score (nSPS) is 15.5. The average molecular weight is 354 g/mol. The molecule has 0 atom stereocenters. The first-order chi connectivity index (χ1) is 11.7. The van der Waals surface area contributed by atoms with E-state index in [1.807, 2.05) is 12.1 Å². The standard InChI is InChI=1S/C18H28ClN3O2/c1-2-3-12-24-13-4-9-20-18(23)15-7-10-22(11-8-15)17-6-5-16(19)14-21-17/h5-6,14-15H,2-4,7-13H2,1H3,(H,20,23). The molecule has 2 rings (SSSR count). The number of rotatable bonds is 9. The molecule has 24 heavy (non-hydrogen) atoms. The predicted octanol–water partition coefficient (Wildman–Crippen LogP) is 3.27. The molecule has 1 N–H and O–H groups in total. The van der Waals surface area contributed by atoms with Crippen LogP contribution >= 0.6 is 11.6 Å². The number of anilines is 1. The second-order valence-electron chi connectivity index (χ2n) is 6.21. The maximum absolute atomic E-state index is 12.2. The molecule has 2 heterocycles. The number of pyridine rings is 1. The lowest BCUT2D eigenvalue weighted by atomic mass is 9.96. The van der Waals surface area contributed by atoms with E-state index in [0.717, 1.165) is 64.2 Å². The topological polar surface area (TPSA) is 54.5 Å². The van der Waals surface area contributed by atoms with Crippen LogP contribution in [0.15, 0.2) is 18.3 Å². The highest BCUT2D eigenvalue weighted by atomic mass is 35.5.